The normalized spacial score (nSPS) is 11.0. The van der Waals surface area contributed by atoms with E-state index >= 15 is 0 Å². The monoisotopic (exact) mass is 418 g/mol. The molecule has 0 atom stereocenters. The molecule has 0 saturated carbocycles. The molecule has 2 heterocycles. The molecule has 0 aliphatic rings. The van der Waals surface area contributed by atoms with Crippen molar-refractivity contribution in [1.82, 2.24) is 25.5 Å². The highest BCUT2D eigenvalue weighted by Crippen LogP contribution is 2.29. The summed E-state index contributed by atoms with van der Waals surface area (Å²) in [6, 6.07) is 3.01. The first-order valence-electron chi connectivity index (χ1n) is 9.08. The van der Waals surface area contributed by atoms with Crippen molar-refractivity contribution in [2.24, 2.45) is 0 Å². The van der Waals surface area contributed by atoms with E-state index in [-0.39, 0.29) is 22.5 Å². The van der Waals surface area contributed by atoms with Crippen LogP contribution in [0.15, 0.2) is 18.3 Å². The molecule has 0 fully saturated rings. The minimum absolute atomic E-state index is 0.0863. The Morgan fingerprint density at radius 3 is 2.38 bits per heavy atom. The maximum Gasteiger partial charge on any atom is 0.320 e. The Kier molecular flexibility index (Phi) is 6.91. The lowest BCUT2D eigenvalue weighted by molar-refractivity contribution is 0.0818. The van der Waals surface area contributed by atoms with Gasteiger partial charge >= 0.3 is 6.03 Å². The highest BCUT2D eigenvalue weighted by Gasteiger charge is 2.27. The van der Waals surface area contributed by atoms with E-state index < -0.39 is 11.4 Å². The first kappa shape index (κ1) is 22.3. The fraction of sp³-hybridized carbons (Fsp3) is 0.421. The van der Waals surface area contributed by atoms with E-state index in [2.05, 4.69) is 25.9 Å². The van der Waals surface area contributed by atoms with Crippen LogP contribution in [0.4, 0.5) is 10.6 Å². The van der Waals surface area contributed by atoms with E-state index in [1.807, 2.05) is 27.7 Å². The summed E-state index contributed by atoms with van der Waals surface area (Å²) < 4.78 is 0. The van der Waals surface area contributed by atoms with Crippen LogP contribution in [0.5, 0.6) is 0 Å². The molecule has 0 bridgehead atoms. The van der Waals surface area contributed by atoms with Crippen LogP contribution < -0.4 is 16.0 Å². The third-order valence-electron chi connectivity index (χ3n) is 3.52. The Morgan fingerprint density at radius 2 is 1.86 bits per heavy atom. The van der Waals surface area contributed by atoms with Gasteiger partial charge in [0.15, 0.2) is 5.69 Å². The predicted molar refractivity (Wildman–Crippen MR) is 113 cm³/mol. The molecule has 2 rings (SSSR count). The summed E-state index contributed by atoms with van der Waals surface area (Å²) in [5.41, 5.74) is 0.259. The summed E-state index contributed by atoms with van der Waals surface area (Å²) in [6.07, 6.45) is 1.54. The molecule has 2 aromatic heterocycles. The number of rotatable bonds is 5. The van der Waals surface area contributed by atoms with Crippen molar-refractivity contribution in [3.8, 4) is 10.6 Å². The maximum absolute atomic E-state index is 12.7. The SMILES string of the molecule is CCNC(=O)Nc1ccc(-c2nc(C(=O)NC(C)(C)C)c(C(=O)N(C)C)s2)cn1. The number of hydrogen-bond donors (Lipinski definition) is 3. The second-order valence-electron chi connectivity index (χ2n) is 7.52. The van der Waals surface area contributed by atoms with Gasteiger partial charge in [0.05, 0.1) is 0 Å². The molecule has 3 N–H and O–H groups in total. The predicted octanol–water partition coefficient (Wildman–Crippen LogP) is 2.58. The van der Waals surface area contributed by atoms with Gasteiger partial charge in [0.1, 0.15) is 15.7 Å². The van der Waals surface area contributed by atoms with Gasteiger partial charge in [-0.25, -0.2) is 14.8 Å². The molecule has 2 aromatic rings. The third kappa shape index (κ3) is 5.98. The average molecular weight is 419 g/mol. The second kappa shape index (κ2) is 8.99. The van der Waals surface area contributed by atoms with Gasteiger partial charge in [0.2, 0.25) is 0 Å². The first-order valence-corrected chi connectivity index (χ1v) is 9.89. The van der Waals surface area contributed by atoms with Gasteiger partial charge in [0, 0.05) is 37.9 Å². The van der Waals surface area contributed by atoms with Gasteiger partial charge in [-0.05, 0) is 39.8 Å². The zero-order chi connectivity index (χ0) is 21.8. The molecule has 0 aliphatic carbocycles. The number of amides is 4. The maximum atomic E-state index is 12.7. The Labute approximate surface area is 173 Å². The van der Waals surface area contributed by atoms with Crippen molar-refractivity contribution >= 4 is 35.0 Å². The van der Waals surface area contributed by atoms with Gasteiger partial charge in [-0.15, -0.1) is 11.3 Å². The van der Waals surface area contributed by atoms with E-state index in [4.69, 9.17) is 0 Å². The fourth-order valence-electron chi connectivity index (χ4n) is 2.26. The van der Waals surface area contributed by atoms with Crippen molar-refractivity contribution in [2.75, 3.05) is 26.0 Å². The lowest BCUT2D eigenvalue weighted by atomic mass is 10.1. The van der Waals surface area contributed by atoms with Gasteiger partial charge in [0.25, 0.3) is 11.8 Å². The molecule has 0 saturated heterocycles. The van der Waals surface area contributed by atoms with Crippen LogP contribution in [0.25, 0.3) is 10.6 Å². The zero-order valence-electron chi connectivity index (χ0n) is 17.4. The van der Waals surface area contributed by atoms with Crippen molar-refractivity contribution in [2.45, 2.75) is 33.2 Å². The summed E-state index contributed by atoms with van der Waals surface area (Å²) in [6.45, 7) is 7.89. The van der Waals surface area contributed by atoms with Gasteiger partial charge in [-0.2, -0.15) is 0 Å². The number of urea groups is 1. The zero-order valence-corrected chi connectivity index (χ0v) is 18.2. The Hall–Kier alpha value is -3.01. The number of carbonyl (C=O) groups is 3. The molecular weight excluding hydrogens is 392 g/mol. The van der Waals surface area contributed by atoms with Gasteiger partial charge < -0.3 is 15.5 Å². The van der Waals surface area contributed by atoms with Crippen LogP contribution in [0.3, 0.4) is 0 Å². The molecule has 0 aromatic carbocycles. The molecular formula is C19H26N6O3S. The first-order chi connectivity index (χ1) is 13.5. The largest absolute Gasteiger partial charge is 0.346 e. The van der Waals surface area contributed by atoms with E-state index in [0.29, 0.717) is 22.9 Å². The van der Waals surface area contributed by atoms with E-state index in [1.54, 1.807) is 26.2 Å². The number of nitrogens with one attached hydrogen (secondary N) is 3. The van der Waals surface area contributed by atoms with Crippen molar-refractivity contribution in [1.29, 1.82) is 0 Å². The van der Waals surface area contributed by atoms with Crippen LogP contribution in [0.1, 0.15) is 47.9 Å². The highest BCUT2D eigenvalue weighted by molar-refractivity contribution is 7.17. The van der Waals surface area contributed by atoms with Gasteiger partial charge in [-0.1, -0.05) is 0 Å². The third-order valence-corrected chi connectivity index (χ3v) is 4.61. The topological polar surface area (TPSA) is 116 Å². The molecule has 0 aliphatic heterocycles. The Morgan fingerprint density at radius 1 is 1.17 bits per heavy atom. The Balaban J connectivity index is 2.36. The average Bonchev–Trinajstić information content (AvgIpc) is 3.05. The summed E-state index contributed by atoms with van der Waals surface area (Å²) >= 11 is 1.13. The number of nitrogens with zero attached hydrogens (tertiary/aromatic N) is 3. The number of anilines is 1. The van der Waals surface area contributed by atoms with Crippen molar-refractivity contribution in [3.05, 3.63) is 28.9 Å². The van der Waals surface area contributed by atoms with E-state index in [1.165, 1.54) is 11.1 Å². The minimum atomic E-state index is -0.465. The number of carbonyl (C=O) groups excluding carboxylic acids is 3. The quantitative estimate of drug-likeness (QED) is 0.690. The lowest BCUT2D eigenvalue weighted by Crippen LogP contribution is -2.41. The second-order valence-corrected chi connectivity index (χ2v) is 8.52. The molecule has 29 heavy (non-hydrogen) atoms. The molecule has 0 unspecified atom stereocenters. The smallest absolute Gasteiger partial charge is 0.320 e. The summed E-state index contributed by atoms with van der Waals surface area (Å²) in [5.74, 6) is -0.325. The van der Waals surface area contributed by atoms with Crippen LogP contribution in [0.2, 0.25) is 0 Å². The molecule has 10 heteroatoms. The van der Waals surface area contributed by atoms with Crippen LogP contribution in [-0.2, 0) is 0 Å². The summed E-state index contributed by atoms with van der Waals surface area (Å²) in [7, 11) is 3.24. The van der Waals surface area contributed by atoms with Crippen LogP contribution in [-0.4, -0.2) is 58.9 Å². The minimum Gasteiger partial charge on any atom is -0.346 e. The van der Waals surface area contributed by atoms with Crippen LogP contribution in [0, 0.1) is 0 Å². The number of aromatic nitrogens is 2. The standard InChI is InChI=1S/C19H26N6O3S/c1-7-20-18(28)22-12-9-8-11(10-21-12)16-23-13(15(26)24-19(2,3)4)14(29-16)17(27)25(5)6/h8-10H,7H2,1-6H3,(H,24,26)(H2,20,21,22,28). The van der Waals surface area contributed by atoms with Crippen LogP contribution >= 0.6 is 11.3 Å². The Bertz CT molecular complexity index is 900. The molecule has 4 amide bonds. The summed E-state index contributed by atoms with van der Waals surface area (Å²) in [4.78, 5) is 47.1. The fourth-order valence-corrected chi connectivity index (χ4v) is 3.33. The van der Waals surface area contributed by atoms with Crippen molar-refractivity contribution in [3.63, 3.8) is 0 Å². The number of pyridine rings is 1. The van der Waals surface area contributed by atoms with E-state index in [9.17, 15) is 14.4 Å². The lowest BCUT2D eigenvalue weighted by Gasteiger charge is -2.20. The molecule has 0 radical (unpaired) electrons. The highest BCUT2D eigenvalue weighted by atomic mass is 32.1. The summed E-state index contributed by atoms with van der Waals surface area (Å²) in [5, 5.41) is 8.56. The van der Waals surface area contributed by atoms with E-state index in [0.717, 1.165) is 11.3 Å². The van der Waals surface area contributed by atoms with Gasteiger partial charge in [-0.3, -0.25) is 14.9 Å². The molecule has 0 spiro atoms. The number of thiazole rings is 1. The number of hydrogen-bond acceptors (Lipinski definition) is 6. The molecule has 156 valence electrons. The van der Waals surface area contributed by atoms with Crippen molar-refractivity contribution < 1.29 is 14.4 Å². The molecule has 9 nitrogen and oxygen atoms in total.